The highest BCUT2D eigenvalue weighted by Gasteiger charge is 2.28. The van der Waals surface area contributed by atoms with Crippen LogP contribution in [0.15, 0.2) is 56.5 Å². The Morgan fingerprint density at radius 3 is 2.64 bits per heavy atom. The quantitative estimate of drug-likeness (QED) is 0.320. The average Bonchev–Trinajstić information content (AvgIpc) is 3.35. The van der Waals surface area contributed by atoms with Crippen LogP contribution in [0.4, 0.5) is 5.69 Å². The summed E-state index contributed by atoms with van der Waals surface area (Å²) in [5.41, 5.74) is 1.70. The van der Waals surface area contributed by atoms with Crippen LogP contribution in [-0.4, -0.2) is 31.8 Å². The summed E-state index contributed by atoms with van der Waals surface area (Å²) in [6.07, 6.45) is 5.34. The van der Waals surface area contributed by atoms with Crippen molar-refractivity contribution in [1.29, 1.82) is 0 Å². The molecule has 2 aromatic heterocycles. The molecule has 4 rings (SSSR count). The largest absolute Gasteiger partial charge is 0.747 e. The third-order valence-electron chi connectivity index (χ3n) is 4.66. The van der Waals surface area contributed by atoms with E-state index in [0.29, 0.717) is 43.2 Å². The lowest BCUT2D eigenvalue weighted by Crippen LogP contribution is -2.38. The molecule has 0 N–H and O–H groups in total. The van der Waals surface area contributed by atoms with E-state index in [-0.39, 0.29) is 0 Å². The van der Waals surface area contributed by atoms with Gasteiger partial charge in [0, 0.05) is 16.0 Å². The van der Waals surface area contributed by atoms with Crippen molar-refractivity contribution >= 4 is 77.1 Å². The first kappa shape index (κ1) is 24.3. The number of furan rings is 1. The van der Waals surface area contributed by atoms with Crippen LogP contribution in [0.3, 0.4) is 0 Å². The zero-order valence-electron chi connectivity index (χ0n) is 16.9. The second kappa shape index (κ2) is 9.06. The summed E-state index contributed by atoms with van der Waals surface area (Å²) in [6.45, 7) is 1.87. The van der Waals surface area contributed by atoms with Crippen LogP contribution in [0.1, 0.15) is 18.4 Å². The van der Waals surface area contributed by atoms with E-state index >= 15 is 0 Å². The molecule has 0 saturated heterocycles. The summed E-state index contributed by atoms with van der Waals surface area (Å²) in [7, 11) is -9.16. The fourth-order valence-corrected chi connectivity index (χ4v) is 6.97. The van der Waals surface area contributed by atoms with Crippen molar-refractivity contribution in [2.75, 3.05) is 10.8 Å². The van der Waals surface area contributed by atoms with E-state index in [4.69, 9.17) is 16.0 Å². The van der Waals surface area contributed by atoms with E-state index in [0.717, 1.165) is 4.90 Å². The molecule has 9 nitrogen and oxygen atoms in total. The van der Waals surface area contributed by atoms with E-state index in [9.17, 15) is 25.9 Å². The van der Waals surface area contributed by atoms with Crippen molar-refractivity contribution in [3.63, 3.8) is 0 Å². The Morgan fingerprint density at radius 1 is 1.21 bits per heavy atom. The first-order valence-electron chi connectivity index (χ1n) is 9.37. The number of thioether (sulfide) groups is 1. The van der Waals surface area contributed by atoms with Gasteiger partial charge in [-0.3, -0.25) is 0 Å². The van der Waals surface area contributed by atoms with Crippen molar-refractivity contribution in [3.8, 4) is 0 Å². The maximum absolute atomic E-state index is 11.5. The predicted octanol–water partition coefficient (Wildman–Crippen LogP) is 3.69. The van der Waals surface area contributed by atoms with Gasteiger partial charge in [-0.2, -0.15) is 4.57 Å². The van der Waals surface area contributed by atoms with Gasteiger partial charge in [-0.15, -0.1) is 0 Å². The molecular weight excluding hydrogens is 532 g/mol. The second-order valence-electron chi connectivity index (χ2n) is 7.03. The van der Waals surface area contributed by atoms with Crippen LogP contribution in [-0.2, 0) is 26.1 Å². The summed E-state index contributed by atoms with van der Waals surface area (Å²) in [5.74, 6) is -1.53. The van der Waals surface area contributed by atoms with Crippen LogP contribution in [0, 0.1) is 0 Å². The minimum Gasteiger partial charge on any atom is -0.747 e. The highest BCUT2D eigenvalue weighted by molar-refractivity contribution is 8.03. The Balaban J connectivity index is 1.79. The molecule has 0 fully saturated rings. The molecule has 0 aliphatic carbocycles. The average molecular weight is 548 g/mol. The van der Waals surface area contributed by atoms with Crippen LogP contribution in [0.25, 0.3) is 16.5 Å². The first-order chi connectivity index (χ1) is 15.4. The molecule has 0 unspecified atom stereocenters. The summed E-state index contributed by atoms with van der Waals surface area (Å²) < 4.78 is 75.7. The molecule has 0 bridgehead atoms. The van der Waals surface area contributed by atoms with Gasteiger partial charge < -0.3 is 18.4 Å². The zero-order chi connectivity index (χ0) is 24.0. The fraction of sp³-hybridized carbons (Fsp3) is 0.211. The van der Waals surface area contributed by atoms with Crippen molar-refractivity contribution in [2.45, 2.75) is 24.1 Å². The number of halogens is 1. The van der Waals surface area contributed by atoms with Crippen LogP contribution in [0.5, 0.6) is 0 Å². The summed E-state index contributed by atoms with van der Waals surface area (Å²) >= 11 is 8.53. The Morgan fingerprint density at radius 2 is 1.97 bits per heavy atom. The van der Waals surface area contributed by atoms with Gasteiger partial charge in [0.2, 0.25) is 5.88 Å². The third-order valence-corrected chi connectivity index (χ3v) is 8.19. The number of allylic oxidation sites excluding steroid dienone is 2. The molecule has 3 aromatic rings. The molecule has 1 aliphatic rings. The van der Waals surface area contributed by atoms with Crippen LogP contribution in [0.2, 0.25) is 5.02 Å². The number of nitrogens with zero attached hydrogens (tertiary/aromatic N) is 2. The van der Waals surface area contributed by atoms with Gasteiger partial charge in [0.15, 0.2) is 10.1 Å². The normalized spacial score (nSPS) is 16.2. The zero-order valence-corrected chi connectivity index (χ0v) is 20.9. The molecule has 0 radical (unpaired) electrons. The molecule has 1 aromatic carbocycles. The van der Waals surface area contributed by atoms with Gasteiger partial charge in [0.05, 0.1) is 23.0 Å². The van der Waals surface area contributed by atoms with Crippen molar-refractivity contribution in [1.82, 2.24) is 0 Å². The highest BCUT2D eigenvalue weighted by atomic mass is 35.5. The lowest BCUT2D eigenvalue weighted by molar-refractivity contribution is -0.649. The molecular formula is C19H16ClN2O7S4-. The lowest BCUT2D eigenvalue weighted by Gasteiger charge is -2.22. The molecule has 0 amide bonds. The fourth-order valence-electron chi connectivity index (χ4n) is 3.27. The lowest BCUT2D eigenvalue weighted by atomic mass is 10.2. The van der Waals surface area contributed by atoms with Gasteiger partial charge >= 0.3 is 0 Å². The Labute approximate surface area is 203 Å². The maximum Gasteiger partial charge on any atom is 0.266 e. The van der Waals surface area contributed by atoms with Crippen LogP contribution < -0.4 is 9.47 Å². The smallest absolute Gasteiger partial charge is 0.266 e. The molecule has 0 saturated carbocycles. The SMILES string of the molecule is CCC(/C=C1\Sc2ccc(Cl)cc2N1CS(=O)(=O)[O-])=C\c1sc2occc2[n+]1CS(=O)(=O)[O-]. The minimum absolute atomic E-state index is 0.399. The Kier molecular flexibility index (Phi) is 6.66. The summed E-state index contributed by atoms with van der Waals surface area (Å²) in [5, 5.41) is 1.38. The highest BCUT2D eigenvalue weighted by Crippen LogP contribution is 2.47. The second-order valence-corrected chi connectivity index (χ2v) is 12.3. The number of hydrogen-bond acceptors (Lipinski definition) is 10. The summed E-state index contributed by atoms with van der Waals surface area (Å²) in [4.78, 5) is 2.59. The topological polar surface area (TPSA) is 135 Å². The molecule has 0 atom stereocenters. The Bertz CT molecular complexity index is 1500. The predicted molar refractivity (Wildman–Crippen MR) is 125 cm³/mol. The molecule has 14 heteroatoms. The molecule has 0 spiro atoms. The van der Waals surface area contributed by atoms with Crippen molar-refractivity contribution in [2.24, 2.45) is 0 Å². The number of anilines is 1. The number of thiazole rings is 1. The molecule has 3 heterocycles. The van der Waals surface area contributed by atoms with E-state index in [1.807, 2.05) is 6.92 Å². The number of rotatable bonds is 7. The molecule has 1 aliphatic heterocycles. The number of aromatic nitrogens is 1. The van der Waals surface area contributed by atoms with Crippen molar-refractivity contribution < 1.29 is 34.9 Å². The van der Waals surface area contributed by atoms with Gasteiger partial charge in [0.1, 0.15) is 16.0 Å². The van der Waals surface area contributed by atoms with Crippen LogP contribution >= 0.6 is 34.7 Å². The van der Waals surface area contributed by atoms with E-state index < -0.39 is 32.0 Å². The van der Waals surface area contributed by atoms with E-state index in [1.165, 1.54) is 38.8 Å². The first-order valence-corrected chi connectivity index (χ1v) is 14.5. The standard InChI is InChI=1S/C19H17ClN2O7S4/c1-2-12(8-18-21(10-32(23,24)25)14-5-6-29-19(14)31-18)7-17-22(11-33(26,27)28)15-9-13(20)3-4-16(15)30-17/h3-9H,2,10-11H2,1H3,(H-,23,24,25,26,27,28)/p-1. The van der Waals surface area contributed by atoms with E-state index in [2.05, 4.69) is 0 Å². The van der Waals surface area contributed by atoms with Gasteiger partial charge in [-0.1, -0.05) is 30.3 Å². The third kappa shape index (κ3) is 5.62. The number of fused-ring (bicyclic) bond motifs is 2. The van der Waals surface area contributed by atoms with Gasteiger partial charge in [-0.05, 0) is 47.6 Å². The number of benzene rings is 1. The summed E-state index contributed by atoms with van der Waals surface area (Å²) in [6, 6.07) is 6.57. The minimum atomic E-state index is -4.59. The van der Waals surface area contributed by atoms with Crippen molar-refractivity contribution in [3.05, 3.63) is 57.2 Å². The monoisotopic (exact) mass is 547 g/mol. The van der Waals surface area contributed by atoms with Gasteiger partial charge in [0.25, 0.3) is 15.4 Å². The molecule has 176 valence electrons. The van der Waals surface area contributed by atoms with Gasteiger partial charge in [-0.25, -0.2) is 16.8 Å². The van der Waals surface area contributed by atoms with E-state index in [1.54, 1.807) is 36.4 Å². The number of hydrogen-bond donors (Lipinski definition) is 0. The molecule has 33 heavy (non-hydrogen) atoms. The maximum atomic E-state index is 11.5. The Hall–Kier alpha value is -1.87.